The highest BCUT2D eigenvalue weighted by atomic mass is 16.5. The van der Waals surface area contributed by atoms with E-state index in [0.717, 1.165) is 38.2 Å². The topological polar surface area (TPSA) is 35.2 Å². The lowest BCUT2D eigenvalue weighted by molar-refractivity contribution is 0.308. The summed E-state index contributed by atoms with van der Waals surface area (Å²) in [4.78, 5) is 0. The minimum Gasteiger partial charge on any atom is -0.493 e. The van der Waals surface area contributed by atoms with Gasteiger partial charge in [-0.25, -0.2) is 0 Å². The van der Waals surface area contributed by atoms with E-state index in [0.29, 0.717) is 0 Å². The Kier molecular flexibility index (Phi) is 5.67. The molecular weight excluding hydrogens is 222 g/mol. The molecule has 1 rings (SSSR count). The van der Waals surface area contributed by atoms with Gasteiger partial charge in [-0.2, -0.15) is 0 Å². The molecule has 0 heterocycles. The average Bonchev–Trinajstić information content (AvgIpc) is 2.33. The second kappa shape index (κ2) is 6.79. The van der Waals surface area contributed by atoms with Crippen LogP contribution in [0.15, 0.2) is 18.2 Å². The molecule has 0 aliphatic carbocycles. The van der Waals surface area contributed by atoms with Crippen LogP contribution < -0.4 is 10.5 Å². The minimum absolute atomic E-state index is 0.113. The molecule has 0 aliphatic heterocycles. The van der Waals surface area contributed by atoms with Crippen LogP contribution in [-0.4, -0.2) is 13.2 Å². The molecule has 0 unspecified atom stereocenters. The van der Waals surface area contributed by atoms with Gasteiger partial charge in [0.1, 0.15) is 5.75 Å². The second-order valence-electron chi connectivity index (χ2n) is 5.82. The van der Waals surface area contributed by atoms with Crippen molar-refractivity contribution in [3.05, 3.63) is 29.3 Å². The molecule has 2 nitrogen and oxygen atoms in total. The first-order chi connectivity index (χ1) is 8.49. The monoisotopic (exact) mass is 249 g/mol. The third kappa shape index (κ3) is 4.34. The molecule has 0 amide bonds. The third-order valence-corrected chi connectivity index (χ3v) is 2.98. The van der Waals surface area contributed by atoms with Crippen LogP contribution in [-0.2, 0) is 11.8 Å². The van der Waals surface area contributed by atoms with Crippen molar-refractivity contribution in [3.63, 3.8) is 0 Å². The summed E-state index contributed by atoms with van der Waals surface area (Å²) in [6, 6.07) is 6.55. The highest BCUT2D eigenvalue weighted by molar-refractivity contribution is 5.41. The summed E-state index contributed by atoms with van der Waals surface area (Å²) in [6.07, 6.45) is 3.13. The Bertz CT molecular complexity index is 366. The Balaban J connectivity index is 2.97. The quantitative estimate of drug-likeness (QED) is 0.835. The van der Waals surface area contributed by atoms with Crippen LogP contribution in [0.5, 0.6) is 5.75 Å². The van der Waals surface area contributed by atoms with E-state index in [1.807, 2.05) is 0 Å². The van der Waals surface area contributed by atoms with Crippen molar-refractivity contribution >= 4 is 0 Å². The molecule has 1 aromatic rings. The number of aryl methyl sites for hydroxylation is 1. The maximum Gasteiger partial charge on any atom is 0.123 e. The Hall–Kier alpha value is -1.02. The minimum atomic E-state index is 0.113. The number of rotatable bonds is 6. The van der Waals surface area contributed by atoms with E-state index in [1.54, 1.807) is 0 Å². The lowest BCUT2D eigenvalue weighted by atomic mass is 9.85. The zero-order chi connectivity index (χ0) is 13.6. The molecule has 18 heavy (non-hydrogen) atoms. The molecule has 0 aliphatic rings. The fourth-order valence-corrected chi connectivity index (χ4v) is 1.96. The van der Waals surface area contributed by atoms with Gasteiger partial charge in [0.15, 0.2) is 0 Å². The maximum absolute atomic E-state index is 5.85. The molecule has 0 aromatic heterocycles. The van der Waals surface area contributed by atoms with E-state index in [1.165, 1.54) is 11.1 Å². The van der Waals surface area contributed by atoms with Crippen LogP contribution in [0.3, 0.4) is 0 Å². The van der Waals surface area contributed by atoms with Crippen LogP contribution in [0.25, 0.3) is 0 Å². The number of hydrogen-bond acceptors (Lipinski definition) is 2. The van der Waals surface area contributed by atoms with E-state index in [-0.39, 0.29) is 5.41 Å². The molecule has 0 saturated carbocycles. The lowest BCUT2D eigenvalue weighted by Gasteiger charge is -2.23. The first-order valence-corrected chi connectivity index (χ1v) is 6.95. The highest BCUT2D eigenvalue weighted by Gasteiger charge is 2.19. The molecule has 0 saturated heterocycles. The van der Waals surface area contributed by atoms with E-state index >= 15 is 0 Å². The van der Waals surface area contributed by atoms with E-state index in [4.69, 9.17) is 10.5 Å². The van der Waals surface area contributed by atoms with Gasteiger partial charge in [0.25, 0.3) is 0 Å². The molecule has 1 aromatic carbocycles. The van der Waals surface area contributed by atoms with Gasteiger partial charge in [0, 0.05) is 0 Å². The van der Waals surface area contributed by atoms with Crippen molar-refractivity contribution in [2.45, 2.75) is 52.4 Å². The fourth-order valence-electron chi connectivity index (χ4n) is 1.96. The predicted octanol–water partition coefficient (Wildman–Crippen LogP) is 3.66. The Morgan fingerprint density at radius 2 is 1.94 bits per heavy atom. The maximum atomic E-state index is 5.85. The van der Waals surface area contributed by atoms with Crippen LogP contribution in [0, 0.1) is 0 Å². The van der Waals surface area contributed by atoms with Crippen LogP contribution in [0.4, 0.5) is 0 Å². The SMILES string of the molecule is CCCOc1ccc(CCCN)cc1C(C)(C)C. The summed E-state index contributed by atoms with van der Waals surface area (Å²) in [5, 5.41) is 0. The van der Waals surface area contributed by atoms with Crippen LogP contribution in [0.1, 0.15) is 51.7 Å². The third-order valence-electron chi connectivity index (χ3n) is 2.98. The summed E-state index contributed by atoms with van der Waals surface area (Å²) in [5.41, 5.74) is 8.34. The van der Waals surface area contributed by atoms with Crippen molar-refractivity contribution in [2.75, 3.05) is 13.2 Å². The van der Waals surface area contributed by atoms with Gasteiger partial charge in [-0.15, -0.1) is 0 Å². The van der Waals surface area contributed by atoms with E-state index < -0.39 is 0 Å². The first-order valence-electron chi connectivity index (χ1n) is 6.95. The number of ether oxygens (including phenoxy) is 1. The Morgan fingerprint density at radius 1 is 1.22 bits per heavy atom. The molecule has 102 valence electrons. The Morgan fingerprint density at radius 3 is 2.50 bits per heavy atom. The summed E-state index contributed by atoms with van der Waals surface area (Å²) in [7, 11) is 0. The summed E-state index contributed by atoms with van der Waals surface area (Å²) in [6.45, 7) is 10.4. The van der Waals surface area contributed by atoms with Gasteiger partial charge in [-0.1, -0.05) is 39.8 Å². The number of nitrogens with two attached hydrogens (primary N) is 1. The van der Waals surface area contributed by atoms with Crippen molar-refractivity contribution in [1.82, 2.24) is 0 Å². The van der Waals surface area contributed by atoms with Gasteiger partial charge >= 0.3 is 0 Å². The fraction of sp³-hybridized carbons (Fsp3) is 0.625. The van der Waals surface area contributed by atoms with E-state index in [2.05, 4.69) is 45.9 Å². The predicted molar refractivity (Wildman–Crippen MR) is 78.3 cm³/mol. The molecule has 0 fully saturated rings. The summed E-state index contributed by atoms with van der Waals surface area (Å²) < 4.78 is 5.85. The zero-order valence-corrected chi connectivity index (χ0v) is 12.3. The molecule has 0 radical (unpaired) electrons. The lowest BCUT2D eigenvalue weighted by Crippen LogP contribution is -2.14. The second-order valence-corrected chi connectivity index (χ2v) is 5.82. The van der Waals surface area contributed by atoms with Gasteiger partial charge in [-0.05, 0) is 48.4 Å². The van der Waals surface area contributed by atoms with Crippen molar-refractivity contribution < 1.29 is 4.74 Å². The summed E-state index contributed by atoms with van der Waals surface area (Å²) >= 11 is 0. The summed E-state index contributed by atoms with van der Waals surface area (Å²) in [5.74, 6) is 1.03. The number of benzene rings is 1. The van der Waals surface area contributed by atoms with Crippen molar-refractivity contribution in [3.8, 4) is 5.75 Å². The van der Waals surface area contributed by atoms with Crippen LogP contribution >= 0.6 is 0 Å². The Labute approximate surface area is 112 Å². The zero-order valence-electron chi connectivity index (χ0n) is 12.3. The van der Waals surface area contributed by atoms with Gasteiger partial charge in [0.05, 0.1) is 6.61 Å². The first kappa shape index (κ1) is 15.0. The standard InChI is InChI=1S/C16H27NO/c1-5-11-18-15-9-8-13(7-6-10-17)12-14(15)16(2,3)4/h8-9,12H,5-7,10-11,17H2,1-4H3. The van der Waals surface area contributed by atoms with Gasteiger partial charge < -0.3 is 10.5 Å². The molecule has 2 N–H and O–H groups in total. The largest absolute Gasteiger partial charge is 0.493 e. The van der Waals surface area contributed by atoms with Gasteiger partial charge in [0.2, 0.25) is 0 Å². The smallest absolute Gasteiger partial charge is 0.123 e. The van der Waals surface area contributed by atoms with Gasteiger partial charge in [-0.3, -0.25) is 0 Å². The molecule has 0 spiro atoms. The van der Waals surface area contributed by atoms with Crippen molar-refractivity contribution in [1.29, 1.82) is 0 Å². The normalized spacial score (nSPS) is 11.6. The van der Waals surface area contributed by atoms with Crippen LogP contribution in [0.2, 0.25) is 0 Å². The number of hydrogen-bond donors (Lipinski definition) is 1. The molecule has 0 bridgehead atoms. The molecular formula is C16H27NO. The molecule has 2 heteroatoms. The van der Waals surface area contributed by atoms with E-state index in [9.17, 15) is 0 Å². The van der Waals surface area contributed by atoms with Crippen molar-refractivity contribution in [2.24, 2.45) is 5.73 Å². The highest BCUT2D eigenvalue weighted by Crippen LogP contribution is 2.32. The average molecular weight is 249 g/mol. The molecule has 0 atom stereocenters.